The molecule has 2 aromatic rings. The number of aryl methyl sites for hydroxylation is 1. The molecule has 0 radical (unpaired) electrons. The molecule has 2 aromatic carbocycles. The Morgan fingerprint density at radius 3 is 2.04 bits per heavy atom. The maximum absolute atomic E-state index is 12.9. The van der Waals surface area contributed by atoms with E-state index >= 15 is 0 Å². The Morgan fingerprint density at radius 1 is 1.00 bits per heavy atom. The number of carbonyl (C=O) groups is 1. The lowest BCUT2D eigenvalue weighted by atomic mass is 10.2. The summed E-state index contributed by atoms with van der Waals surface area (Å²) in [6.07, 6.45) is 0. The fraction of sp³-hybridized carbons (Fsp3) is 0.0625. The molecule has 0 saturated carbocycles. The number of halogens is 3. The van der Waals surface area contributed by atoms with Crippen LogP contribution < -0.4 is 5.32 Å². The van der Waals surface area contributed by atoms with Crippen LogP contribution >= 0.6 is 23.2 Å². The predicted octanol–water partition coefficient (Wildman–Crippen LogP) is 3.94. The predicted molar refractivity (Wildman–Crippen MR) is 91.0 cm³/mol. The third kappa shape index (κ3) is 4.14. The van der Waals surface area contributed by atoms with Gasteiger partial charge in [0.05, 0.1) is 4.90 Å². The van der Waals surface area contributed by atoms with Gasteiger partial charge in [0.1, 0.15) is 10.3 Å². The molecule has 126 valence electrons. The SMILES string of the molecule is Cc1ccc(S(=O)(=O)C(NC(=O)c2ccc(F)cc2)=C(Cl)Cl)cc1. The number of hydrogen-bond donors (Lipinski definition) is 1. The molecule has 1 N–H and O–H groups in total. The van der Waals surface area contributed by atoms with E-state index in [1.165, 1.54) is 24.3 Å². The first kappa shape index (κ1) is 18.4. The molecule has 0 fully saturated rings. The molecule has 0 bridgehead atoms. The highest BCUT2D eigenvalue weighted by atomic mass is 35.5. The zero-order valence-corrected chi connectivity index (χ0v) is 14.7. The Bertz CT molecular complexity index is 888. The van der Waals surface area contributed by atoms with Crippen LogP contribution in [-0.4, -0.2) is 14.3 Å². The van der Waals surface area contributed by atoms with Gasteiger partial charge in [-0.3, -0.25) is 4.79 Å². The van der Waals surface area contributed by atoms with Crippen LogP contribution in [0, 0.1) is 12.7 Å². The molecule has 0 spiro atoms. The van der Waals surface area contributed by atoms with Gasteiger partial charge in [0, 0.05) is 5.56 Å². The third-order valence-electron chi connectivity index (χ3n) is 3.11. The Balaban J connectivity index is 2.36. The van der Waals surface area contributed by atoms with Gasteiger partial charge >= 0.3 is 0 Å². The summed E-state index contributed by atoms with van der Waals surface area (Å²) in [5.41, 5.74) is 0.925. The van der Waals surface area contributed by atoms with Crippen molar-refractivity contribution < 1.29 is 17.6 Å². The average Bonchev–Trinajstić information content (AvgIpc) is 2.53. The summed E-state index contributed by atoms with van der Waals surface area (Å²) < 4.78 is 37.5. The van der Waals surface area contributed by atoms with Gasteiger partial charge < -0.3 is 5.32 Å². The van der Waals surface area contributed by atoms with Crippen LogP contribution in [0.15, 0.2) is 62.9 Å². The molecule has 0 aliphatic heterocycles. The summed E-state index contributed by atoms with van der Waals surface area (Å²) in [6.45, 7) is 1.80. The minimum Gasteiger partial charge on any atom is -0.310 e. The topological polar surface area (TPSA) is 63.2 Å². The third-order valence-corrected chi connectivity index (χ3v) is 5.44. The van der Waals surface area contributed by atoms with Crippen molar-refractivity contribution in [2.24, 2.45) is 0 Å². The van der Waals surface area contributed by atoms with Crippen LogP contribution in [0.4, 0.5) is 4.39 Å². The van der Waals surface area contributed by atoms with E-state index < -0.39 is 31.1 Å². The summed E-state index contributed by atoms with van der Waals surface area (Å²) in [5.74, 6) is -1.30. The fourth-order valence-corrected chi connectivity index (χ4v) is 3.69. The molecule has 0 aromatic heterocycles. The van der Waals surface area contributed by atoms with E-state index in [9.17, 15) is 17.6 Å². The number of nitrogens with one attached hydrogen (secondary N) is 1. The molecule has 2 rings (SSSR count). The monoisotopic (exact) mass is 387 g/mol. The zero-order chi connectivity index (χ0) is 17.9. The Morgan fingerprint density at radius 2 is 1.54 bits per heavy atom. The van der Waals surface area contributed by atoms with Gasteiger partial charge in [0.25, 0.3) is 5.91 Å². The second-order valence-corrected chi connectivity index (χ2v) is 7.70. The highest BCUT2D eigenvalue weighted by molar-refractivity contribution is 7.95. The second kappa shape index (κ2) is 7.34. The fourth-order valence-electron chi connectivity index (χ4n) is 1.83. The molecule has 0 aliphatic rings. The number of benzene rings is 2. The molecule has 8 heteroatoms. The van der Waals surface area contributed by atoms with Gasteiger partial charge in [-0.2, -0.15) is 0 Å². The summed E-state index contributed by atoms with van der Waals surface area (Å²) >= 11 is 11.3. The first-order chi connectivity index (χ1) is 11.2. The number of hydrogen-bond acceptors (Lipinski definition) is 3. The largest absolute Gasteiger partial charge is 0.310 e. The maximum Gasteiger partial charge on any atom is 0.256 e. The summed E-state index contributed by atoms with van der Waals surface area (Å²) in [7, 11) is -4.12. The summed E-state index contributed by atoms with van der Waals surface area (Å²) in [5, 5.41) is 1.54. The lowest BCUT2D eigenvalue weighted by Gasteiger charge is -2.11. The zero-order valence-electron chi connectivity index (χ0n) is 12.4. The van der Waals surface area contributed by atoms with Gasteiger partial charge in [-0.1, -0.05) is 40.9 Å². The Labute approximate surface area is 148 Å². The molecule has 0 aliphatic carbocycles. The maximum atomic E-state index is 12.9. The van der Waals surface area contributed by atoms with Crippen molar-refractivity contribution in [3.05, 3.63) is 75.0 Å². The molecule has 0 saturated heterocycles. The number of rotatable bonds is 4. The van der Waals surface area contributed by atoms with Gasteiger partial charge in [-0.05, 0) is 43.3 Å². The number of sulfone groups is 1. The molecule has 24 heavy (non-hydrogen) atoms. The second-order valence-electron chi connectivity index (χ2n) is 4.87. The molecular formula is C16H12Cl2FNO3S. The summed E-state index contributed by atoms with van der Waals surface area (Å²) in [4.78, 5) is 12.1. The minimum atomic E-state index is -4.12. The normalized spacial score (nSPS) is 11.0. The van der Waals surface area contributed by atoms with Crippen molar-refractivity contribution >= 4 is 38.9 Å². The molecular weight excluding hydrogens is 376 g/mol. The van der Waals surface area contributed by atoms with Crippen molar-refractivity contribution in [1.82, 2.24) is 5.32 Å². The molecule has 1 amide bonds. The Kier molecular flexibility index (Phi) is 5.64. The standard InChI is InChI=1S/C16H12Cl2FNO3S/c1-10-2-8-13(9-3-10)24(22,23)16(14(17)18)20-15(21)11-4-6-12(19)7-5-11/h2-9H,1H3,(H,20,21). The average molecular weight is 388 g/mol. The number of amides is 1. The van der Waals surface area contributed by atoms with E-state index in [1.54, 1.807) is 19.1 Å². The van der Waals surface area contributed by atoms with Crippen molar-refractivity contribution in [3.8, 4) is 0 Å². The van der Waals surface area contributed by atoms with Crippen molar-refractivity contribution in [1.29, 1.82) is 0 Å². The van der Waals surface area contributed by atoms with Gasteiger partial charge in [0.2, 0.25) is 9.84 Å². The van der Waals surface area contributed by atoms with Crippen LogP contribution in [0.25, 0.3) is 0 Å². The quantitative estimate of drug-likeness (QED) is 0.863. The van der Waals surface area contributed by atoms with Crippen LogP contribution in [-0.2, 0) is 9.84 Å². The lowest BCUT2D eigenvalue weighted by molar-refractivity contribution is 0.0968. The van der Waals surface area contributed by atoms with Crippen LogP contribution in [0.3, 0.4) is 0 Å². The van der Waals surface area contributed by atoms with Crippen LogP contribution in [0.1, 0.15) is 15.9 Å². The van der Waals surface area contributed by atoms with E-state index in [0.717, 1.165) is 17.7 Å². The van der Waals surface area contributed by atoms with E-state index in [4.69, 9.17) is 23.2 Å². The molecule has 0 heterocycles. The van der Waals surface area contributed by atoms with Gasteiger partial charge in [-0.15, -0.1) is 0 Å². The van der Waals surface area contributed by atoms with Gasteiger partial charge in [0.15, 0.2) is 5.03 Å². The van der Waals surface area contributed by atoms with E-state index in [1.807, 2.05) is 0 Å². The first-order valence-corrected chi connectivity index (χ1v) is 8.89. The Hall–Kier alpha value is -1.89. The van der Waals surface area contributed by atoms with Gasteiger partial charge in [-0.25, -0.2) is 12.8 Å². The van der Waals surface area contributed by atoms with Crippen molar-refractivity contribution in [2.45, 2.75) is 11.8 Å². The van der Waals surface area contributed by atoms with E-state index in [2.05, 4.69) is 5.32 Å². The van der Waals surface area contributed by atoms with Crippen LogP contribution in [0.5, 0.6) is 0 Å². The van der Waals surface area contributed by atoms with E-state index in [0.29, 0.717) is 0 Å². The molecule has 0 unspecified atom stereocenters. The van der Waals surface area contributed by atoms with E-state index in [-0.39, 0.29) is 10.5 Å². The minimum absolute atomic E-state index is 0.0580. The number of carbonyl (C=O) groups excluding carboxylic acids is 1. The summed E-state index contributed by atoms with van der Waals surface area (Å²) in [6, 6.07) is 10.6. The van der Waals surface area contributed by atoms with Crippen molar-refractivity contribution in [3.63, 3.8) is 0 Å². The highest BCUT2D eigenvalue weighted by Gasteiger charge is 2.26. The highest BCUT2D eigenvalue weighted by Crippen LogP contribution is 2.25. The van der Waals surface area contributed by atoms with Crippen LogP contribution in [0.2, 0.25) is 0 Å². The molecule has 0 atom stereocenters. The lowest BCUT2D eigenvalue weighted by Crippen LogP contribution is -2.28. The smallest absolute Gasteiger partial charge is 0.256 e. The van der Waals surface area contributed by atoms with Crippen molar-refractivity contribution in [2.75, 3.05) is 0 Å². The molecule has 4 nitrogen and oxygen atoms in total. The first-order valence-electron chi connectivity index (χ1n) is 6.66.